The minimum atomic E-state index is -1.29. The SMILES string of the molecule is CC(C)(C)OC(=O)N1CCN(C(O)c2cc(Cl)c(Br)cc2F)[C@H](CO)C1. The molecule has 146 valence electrons. The largest absolute Gasteiger partial charge is 0.444 e. The van der Waals surface area contributed by atoms with Crippen molar-refractivity contribution in [1.82, 2.24) is 9.80 Å². The third-order valence-electron chi connectivity index (χ3n) is 4.02. The molecule has 1 aliphatic heterocycles. The average Bonchev–Trinajstić information content (AvgIpc) is 2.55. The number of piperazine rings is 1. The van der Waals surface area contributed by atoms with Gasteiger partial charge in [0.15, 0.2) is 0 Å². The lowest BCUT2D eigenvalue weighted by atomic mass is 10.1. The van der Waals surface area contributed by atoms with Gasteiger partial charge in [0.25, 0.3) is 0 Å². The van der Waals surface area contributed by atoms with Gasteiger partial charge in [0.1, 0.15) is 17.6 Å². The molecule has 26 heavy (non-hydrogen) atoms. The molecule has 2 atom stereocenters. The van der Waals surface area contributed by atoms with Crippen molar-refractivity contribution in [2.24, 2.45) is 0 Å². The number of aliphatic hydroxyl groups is 2. The first-order chi connectivity index (χ1) is 12.0. The second-order valence-corrected chi connectivity index (χ2v) is 8.42. The summed E-state index contributed by atoms with van der Waals surface area (Å²) in [5.41, 5.74) is -0.609. The molecule has 1 saturated heterocycles. The van der Waals surface area contributed by atoms with Crippen LogP contribution in [0.1, 0.15) is 32.6 Å². The van der Waals surface area contributed by atoms with Crippen molar-refractivity contribution in [3.63, 3.8) is 0 Å². The van der Waals surface area contributed by atoms with E-state index in [1.165, 1.54) is 17.0 Å². The predicted octanol–water partition coefficient (Wildman–Crippen LogP) is 3.15. The van der Waals surface area contributed by atoms with Gasteiger partial charge in [0.05, 0.1) is 17.7 Å². The van der Waals surface area contributed by atoms with Gasteiger partial charge < -0.3 is 19.8 Å². The molecular formula is C17H23BrClFN2O4. The summed E-state index contributed by atoms with van der Waals surface area (Å²) < 4.78 is 20.0. The van der Waals surface area contributed by atoms with Crippen molar-refractivity contribution >= 4 is 33.6 Å². The zero-order valence-electron chi connectivity index (χ0n) is 14.9. The molecule has 0 radical (unpaired) electrons. The summed E-state index contributed by atoms with van der Waals surface area (Å²) in [6, 6.07) is 1.97. The number of hydrogen-bond donors (Lipinski definition) is 2. The molecule has 9 heteroatoms. The number of hydrogen-bond acceptors (Lipinski definition) is 5. The average molecular weight is 454 g/mol. The van der Waals surface area contributed by atoms with Crippen LogP contribution in [-0.4, -0.2) is 64.0 Å². The third-order valence-corrected chi connectivity index (χ3v) is 5.22. The number of benzene rings is 1. The molecule has 1 aromatic rings. The van der Waals surface area contributed by atoms with Gasteiger partial charge in [-0.15, -0.1) is 0 Å². The van der Waals surface area contributed by atoms with Crippen LogP contribution in [0.4, 0.5) is 9.18 Å². The van der Waals surface area contributed by atoms with Crippen LogP contribution in [0.15, 0.2) is 16.6 Å². The first-order valence-electron chi connectivity index (χ1n) is 8.20. The van der Waals surface area contributed by atoms with E-state index in [0.29, 0.717) is 4.47 Å². The Kier molecular flexibility index (Phi) is 6.90. The Morgan fingerprint density at radius 3 is 2.69 bits per heavy atom. The first-order valence-corrected chi connectivity index (χ1v) is 9.37. The molecule has 0 aliphatic carbocycles. The van der Waals surface area contributed by atoms with Crippen LogP contribution >= 0.6 is 27.5 Å². The molecule has 0 aromatic heterocycles. The Hall–Kier alpha value is -0.930. The molecule has 0 bridgehead atoms. The number of carbonyl (C=O) groups excluding carboxylic acids is 1. The molecule has 2 rings (SSSR count). The molecular weight excluding hydrogens is 431 g/mol. The first kappa shape index (κ1) is 21.4. The molecule has 1 amide bonds. The lowest BCUT2D eigenvalue weighted by Gasteiger charge is -2.43. The molecule has 0 saturated carbocycles. The van der Waals surface area contributed by atoms with Crippen molar-refractivity contribution in [1.29, 1.82) is 0 Å². The van der Waals surface area contributed by atoms with Crippen LogP contribution in [0, 0.1) is 5.82 Å². The Bertz CT molecular complexity index is 671. The smallest absolute Gasteiger partial charge is 0.410 e. The van der Waals surface area contributed by atoms with Crippen LogP contribution in [0.3, 0.4) is 0 Å². The van der Waals surface area contributed by atoms with Crippen molar-refractivity contribution in [2.75, 3.05) is 26.2 Å². The van der Waals surface area contributed by atoms with Crippen molar-refractivity contribution in [2.45, 2.75) is 38.6 Å². The van der Waals surface area contributed by atoms with E-state index in [1.54, 1.807) is 25.7 Å². The van der Waals surface area contributed by atoms with E-state index in [4.69, 9.17) is 16.3 Å². The summed E-state index contributed by atoms with van der Waals surface area (Å²) in [5.74, 6) is -0.611. The summed E-state index contributed by atoms with van der Waals surface area (Å²) >= 11 is 9.14. The number of carbonyl (C=O) groups is 1. The molecule has 0 spiro atoms. The number of aliphatic hydroxyl groups excluding tert-OH is 2. The number of ether oxygens (including phenoxy) is 1. The highest BCUT2D eigenvalue weighted by molar-refractivity contribution is 9.10. The fraction of sp³-hybridized carbons (Fsp3) is 0.588. The van der Waals surface area contributed by atoms with Gasteiger partial charge in [-0.05, 0) is 48.8 Å². The van der Waals surface area contributed by atoms with E-state index in [1.807, 2.05) is 0 Å². The minimum Gasteiger partial charge on any atom is -0.444 e. The second-order valence-electron chi connectivity index (χ2n) is 7.16. The normalized spacial score (nSPS) is 20.2. The van der Waals surface area contributed by atoms with Crippen LogP contribution < -0.4 is 0 Å². The maximum Gasteiger partial charge on any atom is 0.410 e. The van der Waals surface area contributed by atoms with Gasteiger partial charge in [-0.3, -0.25) is 4.90 Å². The van der Waals surface area contributed by atoms with Crippen molar-refractivity contribution in [3.05, 3.63) is 33.0 Å². The highest BCUT2D eigenvalue weighted by Crippen LogP contribution is 2.31. The number of halogens is 3. The van der Waals surface area contributed by atoms with Crippen molar-refractivity contribution in [3.8, 4) is 0 Å². The van der Waals surface area contributed by atoms with E-state index in [0.717, 1.165) is 0 Å². The number of nitrogens with zero attached hydrogens (tertiary/aromatic N) is 2. The van der Waals surface area contributed by atoms with E-state index in [9.17, 15) is 19.4 Å². The minimum absolute atomic E-state index is 0.0161. The number of rotatable bonds is 3. The fourth-order valence-electron chi connectivity index (χ4n) is 2.76. The van der Waals surface area contributed by atoms with Crippen molar-refractivity contribution < 1.29 is 24.1 Å². The zero-order chi connectivity index (χ0) is 19.6. The molecule has 2 N–H and O–H groups in total. The maximum absolute atomic E-state index is 14.2. The fourth-order valence-corrected chi connectivity index (χ4v) is 3.25. The molecule has 1 aliphatic rings. The maximum atomic E-state index is 14.2. The highest BCUT2D eigenvalue weighted by atomic mass is 79.9. The van der Waals surface area contributed by atoms with Gasteiger partial charge in [-0.25, -0.2) is 9.18 Å². The lowest BCUT2D eigenvalue weighted by Crippen LogP contribution is -2.57. The van der Waals surface area contributed by atoms with Gasteiger partial charge in [-0.1, -0.05) is 11.6 Å². The summed E-state index contributed by atoms with van der Waals surface area (Å²) in [5, 5.41) is 20.6. The Balaban J connectivity index is 2.14. The van der Waals surface area contributed by atoms with E-state index in [-0.39, 0.29) is 36.8 Å². The predicted molar refractivity (Wildman–Crippen MR) is 99.5 cm³/mol. The lowest BCUT2D eigenvalue weighted by molar-refractivity contribution is -0.0782. The standard InChI is InChI=1S/C17H23BrClFN2O4/c1-17(2,3)26-16(25)21-4-5-22(10(8-21)9-23)15(24)11-6-13(19)12(18)7-14(11)20/h6-7,10,15,23-24H,4-5,8-9H2,1-3H3/t10-,15?/m0/s1. The van der Waals surface area contributed by atoms with E-state index < -0.39 is 29.8 Å². The van der Waals surface area contributed by atoms with Crippen LogP contribution in [0.5, 0.6) is 0 Å². The van der Waals surface area contributed by atoms with Crippen LogP contribution in [0.2, 0.25) is 5.02 Å². The summed E-state index contributed by atoms with van der Waals surface area (Å²) in [4.78, 5) is 15.2. The quantitative estimate of drug-likeness (QED) is 0.688. The van der Waals surface area contributed by atoms with Gasteiger partial charge in [0, 0.05) is 29.7 Å². The molecule has 1 fully saturated rings. The van der Waals surface area contributed by atoms with Crippen LogP contribution in [-0.2, 0) is 4.74 Å². The van der Waals surface area contributed by atoms with E-state index >= 15 is 0 Å². The topological polar surface area (TPSA) is 73.2 Å². The van der Waals surface area contributed by atoms with Crippen LogP contribution in [0.25, 0.3) is 0 Å². The summed E-state index contributed by atoms with van der Waals surface area (Å²) in [6.45, 7) is 5.71. The third kappa shape index (κ3) is 5.07. The molecule has 1 heterocycles. The summed E-state index contributed by atoms with van der Waals surface area (Å²) in [6.07, 6.45) is -1.78. The second kappa shape index (κ2) is 8.39. The highest BCUT2D eigenvalue weighted by Gasteiger charge is 2.36. The van der Waals surface area contributed by atoms with Gasteiger partial charge >= 0.3 is 6.09 Å². The Morgan fingerprint density at radius 1 is 1.46 bits per heavy atom. The Morgan fingerprint density at radius 2 is 2.12 bits per heavy atom. The monoisotopic (exact) mass is 452 g/mol. The summed E-state index contributed by atoms with van der Waals surface area (Å²) in [7, 11) is 0. The van der Waals surface area contributed by atoms with E-state index in [2.05, 4.69) is 15.9 Å². The molecule has 1 aromatic carbocycles. The number of amides is 1. The van der Waals surface area contributed by atoms with Gasteiger partial charge in [0.2, 0.25) is 0 Å². The molecule has 1 unspecified atom stereocenters. The Labute approximate surface area is 165 Å². The molecule has 6 nitrogen and oxygen atoms in total. The van der Waals surface area contributed by atoms with Gasteiger partial charge in [-0.2, -0.15) is 0 Å². The zero-order valence-corrected chi connectivity index (χ0v) is 17.2.